The van der Waals surface area contributed by atoms with Crippen LogP contribution in [0.3, 0.4) is 0 Å². The molecule has 0 aliphatic heterocycles. The van der Waals surface area contributed by atoms with Gasteiger partial charge in [0.15, 0.2) is 4.77 Å². The van der Waals surface area contributed by atoms with Crippen molar-refractivity contribution in [2.45, 2.75) is 20.0 Å². The summed E-state index contributed by atoms with van der Waals surface area (Å²) in [5, 5.41) is 0. The quantitative estimate of drug-likeness (QED) is 0.714. The molecule has 0 radical (unpaired) electrons. The van der Waals surface area contributed by atoms with Gasteiger partial charge in [-0.2, -0.15) is 8.78 Å². The lowest BCUT2D eigenvalue weighted by molar-refractivity contribution is 0.0724. The molecule has 0 unspecified atom stereocenters. The van der Waals surface area contributed by atoms with E-state index in [1.165, 1.54) is 0 Å². The van der Waals surface area contributed by atoms with Crippen molar-refractivity contribution in [3.63, 3.8) is 0 Å². The Morgan fingerprint density at radius 3 is 2.40 bits per heavy atom. The van der Waals surface area contributed by atoms with E-state index in [1.807, 2.05) is 13.0 Å². The zero-order valence-electron chi connectivity index (χ0n) is 8.15. The number of hydrogen-bond acceptors (Lipinski definition) is 1. The third-order valence-electron chi connectivity index (χ3n) is 2.38. The highest BCUT2D eigenvalue weighted by Crippen LogP contribution is 2.23. The van der Waals surface area contributed by atoms with E-state index >= 15 is 0 Å². The Morgan fingerprint density at radius 1 is 1.27 bits per heavy atom. The molecule has 2 aromatic rings. The van der Waals surface area contributed by atoms with Crippen molar-refractivity contribution in [1.29, 1.82) is 0 Å². The fourth-order valence-electron chi connectivity index (χ4n) is 1.73. The Hall–Kier alpha value is -1.23. The molecule has 0 saturated heterocycles. The summed E-state index contributed by atoms with van der Waals surface area (Å²) >= 11 is 5.01. The molecule has 0 spiro atoms. The third-order valence-corrected chi connectivity index (χ3v) is 2.80. The van der Waals surface area contributed by atoms with E-state index in [2.05, 4.69) is 0 Å². The van der Waals surface area contributed by atoms with E-state index < -0.39 is 6.55 Å². The first-order valence-corrected chi connectivity index (χ1v) is 5.05. The summed E-state index contributed by atoms with van der Waals surface area (Å²) in [5.74, 6) is 0. The van der Waals surface area contributed by atoms with Crippen LogP contribution < -0.4 is 0 Å². The zero-order valence-corrected chi connectivity index (χ0v) is 8.97. The highest BCUT2D eigenvalue weighted by atomic mass is 32.1. The summed E-state index contributed by atoms with van der Waals surface area (Å²) in [6.45, 7) is -0.105. The van der Waals surface area contributed by atoms with Gasteiger partial charge in [-0.3, -0.25) is 4.57 Å². The van der Waals surface area contributed by atoms with Crippen LogP contribution in [-0.4, -0.2) is 9.13 Å². The van der Waals surface area contributed by atoms with Crippen LogP contribution >= 0.6 is 12.2 Å². The van der Waals surface area contributed by atoms with Crippen LogP contribution in [0.4, 0.5) is 8.78 Å². The van der Waals surface area contributed by atoms with Crippen LogP contribution in [0.5, 0.6) is 0 Å². The molecule has 1 aromatic carbocycles. The van der Waals surface area contributed by atoms with Gasteiger partial charge < -0.3 is 4.57 Å². The zero-order chi connectivity index (χ0) is 11.0. The van der Waals surface area contributed by atoms with Gasteiger partial charge in [-0.1, -0.05) is 12.1 Å². The number of halogens is 2. The number of fused-ring (bicyclic) bond motifs is 1. The molecule has 1 aromatic heterocycles. The van der Waals surface area contributed by atoms with Gasteiger partial charge in [-0.15, -0.1) is 0 Å². The van der Waals surface area contributed by atoms with Crippen LogP contribution in [0.2, 0.25) is 0 Å². The van der Waals surface area contributed by atoms with Crippen molar-refractivity contribution in [2.24, 2.45) is 0 Å². The lowest BCUT2D eigenvalue weighted by atomic mass is 10.3. The molecule has 0 bridgehead atoms. The fourth-order valence-corrected chi connectivity index (χ4v) is 2.13. The van der Waals surface area contributed by atoms with Crippen molar-refractivity contribution in [1.82, 2.24) is 9.13 Å². The Bertz CT molecular complexity index is 542. The van der Waals surface area contributed by atoms with Gasteiger partial charge in [0, 0.05) is 6.54 Å². The molecule has 2 nitrogen and oxygen atoms in total. The first-order chi connectivity index (χ1) is 7.16. The number of nitrogens with zero attached hydrogens (tertiary/aromatic N) is 2. The third kappa shape index (κ3) is 1.47. The monoisotopic (exact) mass is 228 g/mol. The standard InChI is InChI=1S/C10H10F2N2S/c1-2-13-7-5-3-4-6-8(7)14(9(11)12)10(13)15/h3-6,9H,2H2,1H3. The highest BCUT2D eigenvalue weighted by molar-refractivity contribution is 7.71. The lowest BCUT2D eigenvalue weighted by Gasteiger charge is -2.00. The largest absolute Gasteiger partial charge is 0.321 e. The van der Waals surface area contributed by atoms with E-state index in [4.69, 9.17) is 12.2 Å². The number of benzene rings is 1. The minimum atomic E-state index is -2.59. The molecule has 15 heavy (non-hydrogen) atoms. The van der Waals surface area contributed by atoms with Crippen LogP contribution in [0.1, 0.15) is 13.5 Å². The van der Waals surface area contributed by atoms with Crippen LogP contribution in [0, 0.1) is 4.77 Å². The number of rotatable bonds is 2. The second kappa shape index (κ2) is 3.73. The minimum absolute atomic E-state index is 0.175. The number of aromatic nitrogens is 2. The predicted molar refractivity (Wildman–Crippen MR) is 57.7 cm³/mol. The smallest absolute Gasteiger partial charge is 0.317 e. The van der Waals surface area contributed by atoms with Crippen molar-refractivity contribution >= 4 is 23.3 Å². The van der Waals surface area contributed by atoms with E-state index in [0.717, 1.165) is 10.1 Å². The number of hydrogen-bond donors (Lipinski definition) is 0. The fraction of sp³-hybridized carbons (Fsp3) is 0.300. The number of alkyl halides is 2. The molecule has 0 saturated carbocycles. The molecule has 0 fully saturated rings. The molecular formula is C10H10F2N2S. The highest BCUT2D eigenvalue weighted by Gasteiger charge is 2.15. The first-order valence-electron chi connectivity index (χ1n) is 4.64. The van der Waals surface area contributed by atoms with Crippen molar-refractivity contribution in [2.75, 3.05) is 0 Å². The minimum Gasteiger partial charge on any atom is -0.317 e. The Balaban J connectivity index is 2.91. The average molecular weight is 228 g/mol. The number of imidazole rings is 1. The maximum atomic E-state index is 12.8. The van der Waals surface area contributed by atoms with Gasteiger partial charge in [0.2, 0.25) is 0 Å². The van der Waals surface area contributed by atoms with Gasteiger partial charge in [-0.25, -0.2) is 0 Å². The second-order valence-corrected chi connectivity index (χ2v) is 3.53. The van der Waals surface area contributed by atoms with Crippen molar-refractivity contribution < 1.29 is 8.78 Å². The molecule has 80 valence electrons. The van der Waals surface area contributed by atoms with Crippen LogP contribution in [-0.2, 0) is 6.54 Å². The Labute approximate surface area is 90.7 Å². The summed E-state index contributed by atoms with van der Waals surface area (Å²) in [5.41, 5.74) is 1.24. The van der Waals surface area contributed by atoms with Gasteiger partial charge in [0.05, 0.1) is 11.0 Å². The Morgan fingerprint density at radius 2 is 1.87 bits per heavy atom. The lowest BCUT2D eigenvalue weighted by Crippen LogP contribution is -2.00. The molecule has 5 heteroatoms. The molecular weight excluding hydrogens is 218 g/mol. The number of aryl methyl sites for hydroxylation is 1. The summed E-state index contributed by atoms with van der Waals surface area (Å²) in [7, 11) is 0. The average Bonchev–Trinajstić information content (AvgIpc) is 2.49. The normalized spacial score (nSPS) is 11.5. The summed E-state index contributed by atoms with van der Waals surface area (Å²) in [6.07, 6.45) is 0. The topological polar surface area (TPSA) is 9.86 Å². The second-order valence-electron chi connectivity index (χ2n) is 3.16. The number of para-hydroxylation sites is 2. The van der Waals surface area contributed by atoms with Crippen molar-refractivity contribution in [3.8, 4) is 0 Å². The summed E-state index contributed by atoms with van der Waals surface area (Å²) in [6, 6.07) is 7.01. The summed E-state index contributed by atoms with van der Waals surface area (Å²) < 4.78 is 28.3. The molecule has 0 amide bonds. The van der Waals surface area contributed by atoms with Crippen molar-refractivity contribution in [3.05, 3.63) is 29.0 Å². The first kappa shape index (κ1) is 10.3. The molecule has 0 aliphatic rings. The maximum Gasteiger partial charge on any atom is 0.321 e. The molecule has 0 aliphatic carbocycles. The molecule has 2 rings (SSSR count). The SMILES string of the molecule is CCn1c(=S)n(C(F)F)c2ccccc21. The Kier molecular flexibility index (Phi) is 2.56. The predicted octanol–water partition coefficient (Wildman–Crippen LogP) is 3.59. The summed E-state index contributed by atoms with van der Waals surface area (Å²) in [4.78, 5) is 0. The van der Waals surface area contributed by atoms with Gasteiger partial charge in [0.1, 0.15) is 0 Å². The molecule has 1 heterocycles. The maximum absolute atomic E-state index is 12.8. The van der Waals surface area contributed by atoms with E-state index in [-0.39, 0.29) is 4.77 Å². The van der Waals surface area contributed by atoms with Crippen LogP contribution in [0.25, 0.3) is 11.0 Å². The van der Waals surface area contributed by atoms with Gasteiger partial charge in [-0.05, 0) is 31.3 Å². The molecule has 0 atom stereocenters. The van der Waals surface area contributed by atoms with E-state index in [9.17, 15) is 8.78 Å². The molecule has 0 N–H and O–H groups in total. The van der Waals surface area contributed by atoms with E-state index in [1.54, 1.807) is 22.8 Å². The van der Waals surface area contributed by atoms with Crippen LogP contribution in [0.15, 0.2) is 24.3 Å². The van der Waals surface area contributed by atoms with E-state index in [0.29, 0.717) is 12.1 Å². The van der Waals surface area contributed by atoms with Gasteiger partial charge >= 0.3 is 6.55 Å². The van der Waals surface area contributed by atoms with Gasteiger partial charge in [0.25, 0.3) is 0 Å².